The van der Waals surface area contributed by atoms with E-state index in [1.54, 1.807) is 7.11 Å². The second kappa shape index (κ2) is 6.54. The number of methoxy groups -OCH3 is 1. The summed E-state index contributed by atoms with van der Waals surface area (Å²) in [6, 6.07) is 6.33. The Labute approximate surface area is 147 Å². The average Bonchev–Trinajstić information content (AvgIpc) is 3.11. The van der Waals surface area contributed by atoms with Gasteiger partial charge in [0.2, 0.25) is 0 Å². The highest BCUT2D eigenvalue weighted by molar-refractivity contribution is 5.96. The summed E-state index contributed by atoms with van der Waals surface area (Å²) in [5, 5.41) is 4.19. The Balaban J connectivity index is 1.70. The molecule has 25 heavy (non-hydrogen) atoms. The number of fused-ring (bicyclic) bond motifs is 3. The van der Waals surface area contributed by atoms with Gasteiger partial charge in [0, 0.05) is 23.7 Å². The number of ether oxygens (including phenoxy) is 1. The monoisotopic (exact) mass is 340 g/mol. The van der Waals surface area contributed by atoms with Crippen LogP contribution in [-0.4, -0.2) is 35.7 Å². The first kappa shape index (κ1) is 16.2. The van der Waals surface area contributed by atoms with Gasteiger partial charge in [-0.15, -0.1) is 0 Å². The Morgan fingerprint density at radius 1 is 1.36 bits per heavy atom. The Bertz CT molecular complexity index is 796. The molecule has 0 spiro atoms. The molecule has 5 heteroatoms. The van der Waals surface area contributed by atoms with Crippen molar-refractivity contribution < 1.29 is 14.1 Å². The normalized spacial score (nSPS) is 19.3. The van der Waals surface area contributed by atoms with Crippen molar-refractivity contribution in [3.63, 3.8) is 0 Å². The number of likely N-dealkylation sites (tertiary alicyclic amines) is 1. The highest BCUT2D eigenvalue weighted by Crippen LogP contribution is 2.38. The third-order valence-corrected chi connectivity index (χ3v) is 5.56. The molecule has 1 aromatic heterocycles. The number of benzene rings is 1. The van der Waals surface area contributed by atoms with Crippen LogP contribution < -0.4 is 4.74 Å². The number of aromatic nitrogens is 1. The van der Waals surface area contributed by atoms with Crippen molar-refractivity contribution in [3.8, 4) is 17.1 Å². The molecule has 1 saturated heterocycles. The maximum Gasteiger partial charge on any atom is 0.276 e. The summed E-state index contributed by atoms with van der Waals surface area (Å²) in [6.45, 7) is 2.97. The van der Waals surface area contributed by atoms with Gasteiger partial charge in [-0.2, -0.15) is 0 Å². The molecule has 4 rings (SSSR count). The summed E-state index contributed by atoms with van der Waals surface area (Å²) in [6.07, 6.45) is 6.04. The van der Waals surface area contributed by atoms with E-state index in [2.05, 4.69) is 18.1 Å². The van der Waals surface area contributed by atoms with Gasteiger partial charge in [-0.3, -0.25) is 4.79 Å². The smallest absolute Gasteiger partial charge is 0.276 e. The van der Waals surface area contributed by atoms with Gasteiger partial charge in [0.05, 0.1) is 7.11 Å². The quantitative estimate of drug-likeness (QED) is 0.851. The lowest BCUT2D eigenvalue weighted by Gasteiger charge is -2.34. The predicted octanol–water partition coefficient (Wildman–Crippen LogP) is 3.85. The third-order valence-electron chi connectivity index (χ3n) is 5.56. The molecule has 1 unspecified atom stereocenters. The zero-order valence-electron chi connectivity index (χ0n) is 14.9. The van der Waals surface area contributed by atoms with Crippen molar-refractivity contribution in [2.75, 3.05) is 13.7 Å². The lowest BCUT2D eigenvalue weighted by atomic mass is 9.89. The number of carbonyl (C=O) groups is 1. The molecule has 0 radical (unpaired) electrons. The van der Waals surface area contributed by atoms with Crippen molar-refractivity contribution in [1.29, 1.82) is 0 Å². The number of carbonyl (C=O) groups excluding carboxylic acids is 1. The highest BCUT2D eigenvalue weighted by Gasteiger charge is 2.33. The second-order valence-electron chi connectivity index (χ2n) is 6.92. The van der Waals surface area contributed by atoms with Gasteiger partial charge in [0.15, 0.2) is 11.5 Å². The second-order valence-corrected chi connectivity index (χ2v) is 6.92. The van der Waals surface area contributed by atoms with Crippen molar-refractivity contribution in [2.24, 2.45) is 0 Å². The van der Waals surface area contributed by atoms with Gasteiger partial charge < -0.3 is 14.2 Å². The maximum atomic E-state index is 13.1. The lowest BCUT2D eigenvalue weighted by molar-refractivity contribution is 0.0596. The van der Waals surface area contributed by atoms with Gasteiger partial charge in [0.1, 0.15) is 5.75 Å². The summed E-state index contributed by atoms with van der Waals surface area (Å²) >= 11 is 0. The Morgan fingerprint density at radius 2 is 2.24 bits per heavy atom. The standard InChI is InChI=1S/C20H24N2O3/c1-3-14-6-4-5-11-22(14)20(23)18-16-10-8-13-7-9-15(24-2)12-17(13)19(16)25-21-18/h7,9,12,14H,3-6,8,10-11H2,1-2H3. The number of nitrogens with zero attached hydrogens (tertiary/aromatic N) is 2. The average molecular weight is 340 g/mol. The topological polar surface area (TPSA) is 55.6 Å². The van der Waals surface area contributed by atoms with Crippen LogP contribution in [0.1, 0.15) is 54.2 Å². The Hall–Kier alpha value is -2.30. The lowest BCUT2D eigenvalue weighted by Crippen LogP contribution is -2.43. The van der Waals surface area contributed by atoms with E-state index >= 15 is 0 Å². The van der Waals surface area contributed by atoms with Crippen LogP contribution >= 0.6 is 0 Å². The summed E-state index contributed by atoms with van der Waals surface area (Å²) in [5.74, 6) is 1.55. The summed E-state index contributed by atoms with van der Waals surface area (Å²) < 4.78 is 11.0. The van der Waals surface area contributed by atoms with Crippen LogP contribution in [0.5, 0.6) is 5.75 Å². The molecule has 2 aromatic rings. The fourth-order valence-corrected chi connectivity index (χ4v) is 4.12. The van der Waals surface area contributed by atoms with Crippen molar-refractivity contribution >= 4 is 5.91 Å². The fourth-order valence-electron chi connectivity index (χ4n) is 4.12. The summed E-state index contributed by atoms with van der Waals surface area (Å²) in [5.41, 5.74) is 3.67. The minimum Gasteiger partial charge on any atom is -0.497 e. The molecule has 1 aliphatic carbocycles. The maximum absolute atomic E-state index is 13.1. The molecular formula is C20H24N2O3. The minimum absolute atomic E-state index is 0.0305. The first-order valence-electron chi connectivity index (χ1n) is 9.19. The molecule has 1 amide bonds. The molecule has 1 aliphatic heterocycles. The Kier molecular flexibility index (Phi) is 4.24. The van der Waals surface area contributed by atoms with E-state index in [9.17, 15) is 4.79 Å². The molecule has 2 heterocycles. The van der Waals surface area contributed by atoms with E-state index in [0.717, 1.165) is 61.3 Å². The van der Waals surface area contributed by atoms with Gasteiger partial charge in [-0.1, -0.05) is 18.1 Å². The van der Waals surface area contributed by atoms with Crippen molar-refractivity contribution in [1.82, 2.24) is 10.1 Å². The molecule has 0 saturated carbocycles. The molecule has 1 fully saturated rings. The number of piperidine rings is 1. The molecule has 5 nitrogen and oxygen atoms in total. The van der Waals surface area contributed by atoms with Crippen LogP contribution in [0.3, 0.4) is 0 Å². The van der Waals surface area contributed by atoms with Gasteiger partial charge in [-0.05, 0) is 56.2 Å². The van der Waals surface area contributed by atoms with Crippen LogP contribution in [0.25, 0.3) is 11.3 Å². The first-order valence-corrected chi connectivity index (χ1v) is 9.19. The minimum atomic E-state index is 0.0305. The number of hydrogen-bond donors (Lipinski definition) is 0. The third kappa shape index (κ3) is 2.71. The van der Waals surface area contributed by atoms with E-state index < -0.39 is 0 Å². The van der Waals surface area contributed by atoms with Crippen LogP contribution in [0.15, 0.2) is 22.7 Å². The fraction of sp³-hybridized carbons (Fsp3) is 0.500. The first-order chi connectivity index (χ1) is 12.2. The number of aryl methyl sites for hydroxylation is 1. The molecule has 1 aromatic carbocycles. The van der Waals surface area contributed by atoms with E-state index in [0.29, 0.717) is 11.7 Å². The summed E-state index contributed by atoms with van der Waals surface area (Å²) in [7, 11) is 1.65. The van der Waals surface area contributed by atoms with Crippen LogP contribution in [-0.2, 0) is 12.8 Å². The van der Waals surface area contributed by atoms with E-state index in [-0.39, 0.29) is 5.91 Å². The van der Waals surface area contributed by atoms with Crippen LogP contribution in [0.4, 0.5) is 0 Å². The molecule has 1 atom stereocenters. The van der Waals surface area contributed by atoms with Gasteiger partial charge in [0.25, 0.3) is 5.91 Å². The molecule has 0 bridgehead atoms. The molecule has 2 aliphatic rings. The molecule has 0 N–H and O–H groups in total. The van der Waals surface area contributed by atoms with Crippen molar-refractivity contribution in [2.45, 2.75) is 51.5 Å². The summed E-state index contributed by atoms with van der Waals surface area (Å²) in [4.78, 5) is 15.1. The SMILES string of the molecule is CCC1CCCCN1C(=O)c1noc2c1CCc1ccc(OC)cc1-2. The Morgan fingerprint density at radius 3 is 3.04 bits per heavy atom. The number of amides is 1. The van der Waals surface area contributed by atoms with Crippen molar-refractivity contribution in [3.05, 3.63) is 35.0 Å². The van der Waals surface area contributed by atoms with Gasteiger partial charge in [-0.25, -0.2) is 0 Å². The highest BCUT2D eigenvalue weighted by atomic mass is 16.5. The molecular weight excluding hydrogens is 316 g/mol. The van der Waals surface area contributed by atoms with Crippen LogP contribution in [0, 0.1) is 0 Å². The predicted molar refractivity (Wildman–Crippen MR) is 94.9 cm³/mol. The van der Waals surface area contributed by atoms with E-state index in [1.807, 2.05) is 17.0 Å². The zero-order valence-corrected chi connectivity index (χ0v) is 14.9. The number of rotatable bonds is 3. The largest absolute Gasteiger partial charge is 0.497 e. The number of hydrogen-bond acceptors (Lipinski definition) is 4. The van der Waals surface area contributed by atoms with E-state index in [1.165, 1.54) is 12.0 Å². The zero-order chi connectivity index (χ0) is 17.4. The molecule has 132 valence electrons. The van der Waals surface area contributed by atoms with E-state index in [4.69, 9.17) is 9.26 Å². The van der Waals surface area contributed by atoms with Crippen LogP contribution in [0.2, 0.25) is 0 Å². The van der Waals surface area contributed by atoms with Gasteiger partial charge >= 0.3 is 0 Å².